The van der Waals surface area contributed by atoms with Crippen LogP contribution in [0.2, 0.25) is 5.02 Å². The molecule has 2 N–H and O–H groups in total. The smallest absolute Gasteiger partial charge is 0.261 e. The van der Waals surface area contributed by atoms with Crippen molar-refractivity contribution in [2.24, 2.45) is 17.6 Å². The first-order valence-electron chi connectivity index (χ1n) is 10.0. The van der Waals surface area contributed by atoms with Gasteiger partial charge in [-0.1, -0.05) is 41.8 Å². The van der Waals surface area contributed by atoms with Crippen molar-refractivity contribution < 1.29 is 0 Å². The highest BCUT2D eigenvalue weighted by Gasteiger charge is 2.23. The molecule has 2 unspecified atom stereocenters. The lowest BCUT2D eigenvalue weighted by molar-refractivity contribution is 0.246. The van der Waals surface area contributed by atoms with Gasteiger partial charge in [0.15, 0.2) is 0 Å². The third-order valence-corrected chi connectivity index (χ3v) is 6.09. The Morgan fingerprint density at radius 1 is 1.18 bits per heavy atom. The summed E-state index contributed by atoms with van der Waals surface area (Å²) in [5.41, 5.74) is 8.68. The van der Waals surface area contributed by atoms with Crippen LogP contribution in [0.4, 0.5) is 0 Å². The van der Waals surface area contributed by atoms with Gasteiger partial charge in [-0.3, -0.25) is 9.36 Å². The maximum atomic E-state index is 13.4. The molecule has 1 aliphatic carbocycles. The van der Waals surface area contributed by atoms with Crippen molar-refractivity contribution in [2.45, 2.75) is 39.2 Å². The Labute approximate surface area is 170 Å². The van der Waals surface area contributed by atoms with Crippen LogP contribution in [0.25, 0.3) is 22.3 Å². The number of hydrogen-bond donors (Lipinski definition) is 1. The SMILES string of the molecule is Cc1cccc(-c2nc3cc(Cl)ccc3c(=O)n2CC2CCCC(CN)C2)c1. The van der Waals surface area contributed by atoms with E-state index < -0.39 is 0 Å². The van der Waals surface area contributed by atoms with Crippen LogP contribution in [0.5, 0.6) is 0 Å². The van der Waals surface area contributed by atoms with Crippen LogP contribution in [0.1, 0.15) is 31.2 Å². The zero-order valence-electron chi connectivity index (χ0n) is 16.2. The van der Waals surface area contributed by atoms with Crippen molar-refractivity contribution >= 4 is 22.5 Å². The van der Waals surface area contributed by atoms with Crippen molar-refractivity contribution in [3.05, 3.63) is 63.4 Å². The molecule has 0 spiro atoms. The van der Waals surface area contributed by atoms with E-state index in [4.69, 9.17) is 22.3 Å². The molecule has 4 nitrogen and oxygen atoms in total. The van der Waals surface area contributed by atoms with Crippen LogP contribution >= 0.6 is 11.6 Å². The molecule has 0 radical (unpaired) electrons. The first-order chi connectivity index (χ1) is 13.5. The first-order valence-corrected chi connectivity index (χ1v) is 10.4. The number of hydrogen-bond acceptors (Lipinski definition) is 3. The third kappa shape index (κ3) is 3.85. The highest BCUT2D eigenvalue weighted by Crippen LogP contribution is 2.31. The molecule has 0 bridgehead atoms. The van der Waals surface area contributed by atoms with E-state index in [-0.39, 0.29) is 5.56 Å². The average molecular weight is 396 g/mol. The lowest BCUT2D eigenvalue weighted by Crippen LogP contribution is -2.30. The van der Waals surface area contributed by atoms with Crippen LogP contribution in [-0.4, -0.2) is 16.1 Å². The maximum absolute atomic E-state index is 13.4. The van der Waals surface area contributed by atoms with E-state index in [0.29, 0.717) is 34.3 Å². The predicted molar refractivity (Wildman–Crippen MR) is 116 cm³/mol. The van der Waals surface area contributed by atoms with Crippen molar-refractivity contribution in [3.8, 4) is 11.4 Å². The molecule has 28 heavy (non-hydrogen) atoms. The van der Waals surface area contributed by atoms with Gasteiger partial charge in [-0.05, 0) is 68.8 Å². The predicted octanol–water partition coefficient (Wildman–Crippen LogP) is 4.79. The molecule has 2 atom stereocenters. The standard InChI is InChI=1S/C23H26ClN3O/c1-15-4-2-7-18(10-15)22-26-21-12-19(24)8-9-20(21)23(28)27(22)14-17-6-3-5-16(11-17)13-25/h2,4,7-10,12,16-17H,3,5-6,11,13-14,25H2,1H3. The summed E-state index contributed by atoms with van der Waals surface area (Å²) >= 11 is 6.16. The summed E-state index contributed by atoms with van der Waals surface area (Å²) in [7, 11) is 0. The fourth-order valence-corrected chi connectivity index (χ4v) is 4.57. The maximum Gasteiger partial charge on any atom is 0.261 e. The molecule has 0 saturated heterocycles. The Morgan fingerprint density at radius 2 is 2.00 bits per heavy atom. The molecule has 3 aromatic rings. The molecule has 1 aromatic heterocycles. The molecule has 4 rings (SSSR count). The highest BCUT2D eigenvalue weighted by molar-refractivity contribution is 6.31. The Kier molecular flexibility index (Phi) is 5.51. The fraction of sp³-hybridized carbons (Fsp3) is 0.391. The zero-order chi connectivity index (χ0) is 19.7. The number of aromatic nitrogens is 2. The van der Waals surface area contributed by atoms with E-state index in [0.717, 1.165) is 36.3 Å². The summed E-state index contributed by atoms with van der Waals surface area (Å²) in [4.78, 5) is 18.3. The van der Waals surface area contributed by atoms with Gasteiger partial charge in [0.25, 0.3) is 5.56 Å². The van der Waals surface area contributed by atoms with E-state index in [1.54, 1.807) is 18.2 Å². The Balaban J connectivity index is 1.85. The molecular formula is C23H26ClN3O. The highest BCUT2D eigenvalue weighted by atomic mass is 35.5. The van der Waals surface area contributed by atoms with E-state index in [9.17, 15) is 4.79 Å². The number of nitrogens with two attached hydrogens (primary N) is 1. The lowest BCUT2D eigenvalue weighted by Gasteiger charge is -2.29. The minimum Gasteiger partial charge on any atom is -0.330 e. The van der Waals surface area contributed by atoms with E-state index in [1.807, 2.05) is 16.7 Å². The minimum absolute atomic E-state index is 0.00745. The number of rotatable bonds is 4. The summed E-state index contributed by atoms with van der Waals surface area (Å²) in [5.74, 6) is 1.73. The monoisotopic (exact) mass is 395 g/mol. The number of benzene rings is 2. The molecule has 2 aromatic carbocycles. The minimum atomic E-state index is 0.00745. The van der Waals surface area contributed by atoms with Gasteiger partial charge in [0.2, 0.25) is 0 Å². The molecule has 1 fully saturated rings. The summed E-state index contributed by atoms with van der Waals surface area (Å²) in [6.07, 6.45) is 4.59. The van der Waals surface area contributed by atoms with Crippen molar-refractivity contribution in [3.63, 3.8) is 0 Å². The molecule has 146 valence electrons. The topological polar surface area (TPSA) is 60.9 Å². The van der Waals surface area contributed by atoms with Crippen LogP contribution in [-0.2, 0) is 6.54 Å². The molecule has 1 aliphatic rings. The van der Waals surface area contributed by atoms with Crippen LogP contribution in [0.15, 0.2) is 47.3 Å². The zero-order valence-corrected chi connectivity index (χ0v) is 17.0. The van der Waals surface area contributed by atoms with Crippen LogP contribution < -0.4 is 11.3 Å². The summed E-state index contributed by atoms with van der Waals surface area (Å²) in [6, 6.07) is 13.5. The van der Waals surface area contributed by atoms with E-state index in [2.05, 4.69) is 19.1 Å². The fourth-order valence-electron chi connectivity index (χ4n) is 4.41. The van der Waals surface area contributed by atoms with E-state index >= 15 is 0 Å². The second kappa shape index (κ2) is 8.06. The number of nitrogens with zero attached hydrogens (tertiary/aromatic N) is 2. The molecule has 1 heterocycles. The normalized spacial score (nSPS) is 19.8. The van der Waals surface area contributed by atoms with Gasteiger partial charge in [-0.25, -0.2) is 4.98 Å². The van der Waals surface area contributed by atoms with Crippen molar-refractivity contribution in [1.82, 2.24) is 9.55 Å². The van der Waals surface area contributed by atoms with Gasteiger partial charge in [0.1, 0.15) is 5.82 Å². The van der Waals surface area contributed by atoms with Gasteiger partial charge in [0.05, 0.1) is 10.9 Å². The Bertz CT molecular complexity index is 1060. The van der Waals surface area contributed by atoms with Crippen LogP contribution in [0, 0.1) is 18.8 Å². The van der Waals surface area contributed by atoms with Crippen molar-refractivity contribution in [2.75, 3.05) is 6.54 Å². The van der Waals surface area contributed by atoms with Gasteiger partial charge in [-0.15, -0.1) is 0 Å². The number of fused-ring (bicyclic) bond motifs is 1. The van der Waals surface area contributed by atoms with Crippen LogP contribution in [0.3, 0.4) is 0 Å². The Morgan fingerprint density at radius 3 is 2.79 bits per heavy atom. The second-order valence-electron chi connectivity index (χ2n) is 8.02. The third-order valence-electron chi connectivity index (χ3n) is 5.86. The molecular weight excluding hydrogens is 370 g/mol. The van der Waals surface area contributed by atoms with E-state index in [1.165, 1.54) is 12.8 Å². The summed E-state index contributed by atoms with van der Waals surface area (Å²) in [5, 5.41) is 1.21. The van der Waals surface area contributed by atoms with Crippen molar-refractivity contribution in [1.29, 1.82) is 0 Å². The van der Waals surface area contributed by atoms with Gasteiger partial charge < -0.3 is 5.73 Å². The van der Waals surface area contributed by atoms with Gasteiger partial charge >= 0.3 is 0 Å². The Hall–Kier alpha value is -2.17. The first kappa shape index (κ1) is 19.2. The molecule has 5 heteroatoms. The second-order valence-corrected chi connectivity index (χ2v) is 8.45. The lowest BCUT2D eigenvalue weighted by atomic mass is 9.81. The largest absolute Gasteiger partial charge is 0.330 e. The number of aryl methyl sites for hydroxylation is 1. The quantitative estimate of drug-likeness (QED) is 0.690. The average Bonchev–Trinajstić information content (AvgIpc) is 2.70. The summed E-state index contributed by atoms with van der Waals surface area (Å²) < 4.78 is 1.87. The molecule has 1 saturated carbocycles. The molecule has 0 aliphatic heterocycles. The number of halogens is 1. The van der Waals surface area contributed by atoms with Gasteiger partial charge in [-0.2, -0.15) is 0 Å². The molecule has 0 amide bonds. The van der Waals surface area contributed by atoms with Gasteiger partial charge in [0, 0.05) is 17.1 Å². The summed E-state index contributed by atoms with van der Waals surface area (Å²) in [6.45, 7) is 3.46.